The van der Waals surface area contributed by atoms with E-state index >= 15 is 0 Å². The molecule has 0 saturated heterocycles. The number of methoxy groups -OCH3 is 1. The number of hydrogen-bond donors (Lipinski definition) is 1. The smallest absolute Gasteiger partial charge is 0.118 e. The lowest BCUT2D eigenvalue weighted by molar-refractivity contribution is 0.414. The Balaban J connectivity index is 1.79. The van der Waals surface area contributed by atoms with Crippen LogP contribution in [0.4, 0.5) is 0 Å². The number of benzene rings is 2. The third-order valence-corrected chi connectivity index (χ3v) is 3.37. The van der Waals surface area contributed by atoms with Gasteiger partial charge in [-0.05, 0) is 42.5 Å². The summed E-state index contributed by atoms with van der Waals surface area (Å²) in [5.74, 6) is 0.907. The molecule has 0 aliphatic heterocycles. The normalized spacial score (nSPS) is 12.1. The van der Waals surface area contributed by atoms with E-state index in [1.165, 1.54) is 11.1 Å². The van der Waals surface area contributed by atoms with Crippen molar-refractivity contribution < 1.29 is 4.74 Å². The molecule has 0 spiro atoms. The van der Waals surface area contributed by atoms with Crippen molar-refractivity contribution in [3.63, 3.8) is 0 Å². The van der Waals surface area contributed by atoms with Crippen LogP contribution in [0.5, 0.6) is 5.75 Å². The zero-order valence-electron chi connectivity index (χ0n) is 11.4. The molecule has 2 aromatic carbocycles. The highest BCUT2D eigenvalue weighted by atomic mass is 16.5. The van der Waals surface area contributed by atoms with Gasteiger partial charge in [-0.2, -0.15) is 0 Å². The monoisotopic (exact) mass is 255 g/mol. The largest absolute Gasteiger partial charge is 0.497 e. The number of hydrogen-bond acceptors (Lipinski definition) is 2. The summed E-state index contributed by atoms with van der Waals surface area (Å²) in [5, 5.41) is 0. The van der Waals surface area contributed by atoms with E-state index in [-0.39, 0.29) is 6.04 Å². The number of aryl methyl sites for hydroxylation is 1. The van der Waals surface area contributed by atoms with E-state index in [1.54, 1.807) is 7.11 Å². The summed E-state index contributed by atoms with van der Waals surface area (Å²) < 4.78 is 5.15. The van der Waals surface area contributed by atoms with Crippen molar-refractivity contribution in [2.75, 3.05) is 7.11 Å². The molecule has 2 heteroatoms. The van der Waals surface area contributed by atoms with Crippen LogP contribution in [-0.2, 0) is 6.42 Å². The summed E-state index contributed by atoms with van der Waals surface area (Å²) in [4.78, 5) is 0. The third kappa shape index (κ3) is 4.11. The first-order valence-electron chi connectivity index (χ1n) is 6.73. The molecule has 0 bridgehead atoms. The molecule has 2 N–H and O–H groups in total. The lowest BCUT2D eigenvalue weighted by atomic mass is 10.00. The Morgan fingerprint density at radius 2 is 1.68 bits per heavy atom. The summed E-state index contributed by atoms with van der Waals surface area (Å²) in [6.45, 7) is 0. The molecule has 2 nitrogen and oxygen atoms in total. The van der Waals surface area contributed by atoms with Gasteiger partial charge < -0.3 is 10.5 Å². The van der Waals surface area contributed by atoms with E-state index in [2.05, 4.69) is 24.3 Å². The minimum absolute atomic E-state index is 0.138. The van der Waals surface area contributed by atoms with Crippen LogP contribution in [0.2, 0.25) is 0 Å². The Labute approximate surface area is 115 Å². The van der Waals surface area contributed by atoms with E-state index in [1.807, 2.05) is 30.3 Å². The quantitative estimate of drug-likeness (QED) is 0.854. The Kier molecular flexibility index (Phi) is 4.99. The SMILES string of the molecule is COc1ccc(CCCC(N)c2ccccc2)cc1. The molecule has 0 radical (unpaired) electrons. The minimum atomic E-state index is 0.138. The molecule has 0 aliphatic carbocycles. The lowest BCUT2D eigenvalue weighted by Gasteiger charge is -2.11. The van der Waals surface area contributed by atoms with Gasteiger partial charge in [-0.15, -0.1) is 0 Å². The summed E-state index contributed by atoms with van der Waals surface area (Å²) in [6.07, 6.45) is 3.17. The van der Waals surface area contributed by atoms with E-state index in [4.69, 9.17) is 10.5 Å². The molecule has 0 saturated carbocycles. The van der Waals surface area contributed by atoms with Gasteiger partial charge in [0.05, 0.1) is 7.11 Å². The summed E-state index contributed by atoms with van der Waals surface area (Å²) in [6, 6.07) is 18.7. The molecule has 2 aromatic rings. The first-order valence-corrected chi connectivity index (χ1v) is 6.73. The van der Waals surface area contributed by atoms with Crippen LogP contribution in [0.25, 0.3) is 0 Å². The van der Waals surface area contributed by atoms with Gasteiger partial charge in [0, 0.05) is 6.04 Å². The van der Waals surface area contributed by atoms with Crippen LogP contribution in [0, 0.1) is 0 Å². The van der Waals surface area contributed by atoms with E-state index in [0.717, 1.165) is 25.0 Å². The Morgan fingerprint density at radius 1 is 1.00 bits per heavy atom. The highest BCUT2D eigenvalue weighted by Crippen LogP contribution is 2.18. The molecule has 0 amide bonds. The minimum Gasteiger partial charge on any atom is -0.497 e. The second-order valence-corrected chi connectivity index (χ2v) is 4.76. The highest BCUT2D eigenvalue weighted by molar-refractivity contribution is 5.27. The molecule has 1 unspecified atom stereocenters. The van der Waals surface area contributed by atoms with Crippen LogP contribution < -0.4 is 10.5 Å². The molecule has 1 atom stereocenters. The van der Waals surface area contributed by atoms with Crippen molar-refractivity contribution in [2.24, 2.45) is 5.73 Å². The Morgan fingerprint density at radius 3 is 2.32 bits per heavy atom. The molecule has 0 heterocycles. The first kappa shape index (κ1) is 13.6. The molecular weight excluding hydrogens is 234 g/mol. The van der Waals surface area contributed by atoms with Gasteiger partial charge in [0.25, 0.3) is 0 Å². The van der Waals surface area contributed by atoms with Crippen molar-refractivity contribution in [1.29, 1.82) is 0 Å². The maximum atomic E-state index is 6.18. The van der Waals surface area contributed by atoms with E-state index < -0.39 is 0 Å². The highest BCUT2D eigenvalue weighted by Gasteiger charge is 2.05. The topological polar surface area (TPSA) is 35.2 Å². The van der Waals surface area contributed by atoms with Crippen molar-refractivity contribution in [3.8, 4) is 5.75 Å². The zero-order valence-corrected chi connectivity index (χ0v) is 11.4. The standard InChI is InChI=1S/C17H21NO/c1-19-16-12-10-14(11-13-16)6-5-9-17(18)15-7-3-2-4-8-15/h2-4,7-8,10-13,17H,5-6,9,18H2,1H3. The van der Waals surface area contributed by atoms with E-state index in [9.17, 15) is 0 Å². The number of nitrogens with two attached hydrogens (primary N) is 1. The van der Waals surface area contributed by atoms with Gasteiger partial charge in [0.1, 0.15) is 5.75 Å². The van der Waals surface area contributed by atoms with Crippen LogP contribution in [-0.4, -0.2) is 7.11 Å². The van der Waals surface area contributed by atoms with Gasteiger partial charge in [0.2, 0.25) is 0 Å². The number of rotatable bonds is 6. The van der Waals surface area contributed by atoms with Crippen LogP contribution in [0.1, 0.15) is 30.0 Å². The second kappa shape index (κ2) is 6.95. The predicted octanol–water partition coefficient (Wildman–Crippen LogP) is 3.72. The fourth-order valence-electron chi connectivity index (χ4n) is 2.19. The van der Waals surface area contributed by atoms with Gasteiger partial charge in [0.15, 0.2) is 0 Å². The van der Waals surface area contributed by atoms with Crippen molar-refractivity contribution in [2.45, 2.75) is 25.3 Å². The summed E-state index contributed by atoms with van der Waals surface area (Å²) in [5.41, 5.74) is 8.74. The Bertz CT molecular complexity index is 478. The van der Waals surface area contributed by atoms with E-state index in [0.29, 0.717) is 0 Å². The van der Waals surface area contributed by atoms with Crippen molar-refractivity contribution in [3.05, 3.63) is 65.7 Å². The van der Waals surface area contributed by atoms with Crippen molar-refractivity contribution >= 4 is 0 Å². The molecule has 19 heavy (non-hydrogen) atoms. The van der Waals surface area contributed by atoms with Crippen LogP contribution in [0.3, 0.4) is 0 Å². The lowest BCUT2D eigenvalue weighted by Crippen LogP contribution is -2.10. The fraction of sp³-hybridized carbons (Fsp3) is 0.294. The van der Waals surface area contributed by atoms with Gasteiger partial charge in [-0.25, -0.2) is 0 Å². The molecule has 0 aliphatic rings. The van der Waals surface area contributed by atoms with Crippen molar-refractivity contribution in [1.82, 2.24) is 0 Å². The summed E-state index contributed by atoms with van der Waals surface area (Å²) in [7, 11) is 1.69. The van der Waals surface area contributed by atoms with Crippen LogP contribution >= 0.6 is 0 Å². The third-order valence-electron chi connectivity index (χ3n) is 3.37. The predicted molar refractivity (Wildman–Crippen MR) is 79.3 cm³/mol. The average molecular weight is 255 g/mol. The molecule has 100 valence electrons. The molecular formula is C17H21NO. The summed E-state index contributed by atoms with van der Waals surface area (Å²) >= 11 is 0. The first-order chi connectivity index (χ1) is 9.29. The van der Waals surface area contributed by atoms with Gasteiger partial charge >= 0.3 is 0 Å². The second-order valence-electron chi connectivity index (χ2n) is 4.76. The van der Waals surface area contributed by atoms with Gasteiger partial charge in [-0.1, -0.05) is 42.5 Å². The maximum Gasteiger partial charge on any atom is 0.118 e. The maximum absolute atomic E-state index is 6.18. The Hall–Kier alpha value is -1.80. The zero-order chi connectivity index (χ0) is 13.5. The van der Waals surface area contributed by atoms with Gasteiger partial charge in [-0.3, -0.25) is 0 Å². The van der Waals surface area contributed by atoms with Crippen LogP contribution in [0.15, 0.2) is 54.6 Å². The molecule has 0 fully saturated rings. The fourth-order valence-corrected chi connectivity index (χ4v) is 2.19. The molecule has 2 rings (SSSR count). The molecule has 0 aromatic heterocycles. The number of ether oxygens (including phenoxy) is 1. The average Bonchev–Trinajstić information content (AvgIpc) is 2.49.